The number of nitrogens with zero attached hydrogens (tertiary/aromatic N) is 4. The van der Waals surface area contributed by atoms with Crippen molar-refractivity contribution < 1.29 is 19.1 Å². The van der Waals surface area contributed by atoms with Crippen molar-refractivity contribution in [1.82, 2.24) is 31.0 Å². The lowest BCUT2D eigenvalue weighted by Crippen LogP contribution is -2.22. The zero-order chi connectivity index (χ0) is 34.5. The number of nitrogen functional groups attached to an aromatic ring is 1. The second-order valence-electron chi connectivity index (χ2n) is 10.8. The number of amides is 2. The van der Waals surface area contributed by atoms with E-state index in [1.54, 1.807) is 14.2 Å². The quantitative estimate of drug-likeness (QED) is 0.152. The van der Waals surface area contributed by atoms with Crippen LogP contribution in [-0.4, -0.2) is 46.4 Å². The van der Waals surface area contributed by atoms with Gasteiger partial charge in [0, 0.05) is 23.9 Å². The molecule has 4 N–H and O–H groups in total. The molecule has 0 bridgehead atoms. The lowest BCUT2D eigenvalue weighted by molar-refractivity contribution is 0.0947. The molecule has 0 saturated heterocycles. The molecule has 4 heterocycles. The smallest absolute Gasteiger partial charge is 0.263 e. The van der Waals surface area contributed by atoms with E-state index in [2.05, 4.69) is 47.0 Å². The zero-order valence-corrected chi connectivity index (χ0v) is 30.4. The van der Waals surface area contributed by atoms with Crippen LogP contribution in [-0.2, 0) is 13.1 Å². The summed E-state index contributed by atoms with van der Waals surface area (Å²) in [7, 11) is 3.25. The monoisotopic (exact) mass is 747 g/mol. The third-order valence-electron chi connectivity index (χ3n) is 7.81. The summed E-state index contributed by atoms with van der Waals surface area (Å²) in [5.41, 5.74) is 12.3. The van der Waals surface area contributed by atoms with E-state index in [0.29, 0.717) is 33.4 Å². The molecule has 0 aliphatic rings. The molecule has 0 unspecified atom stereocenters. The van der Waals surface area contributed by atoms with E-state index in [0.717, 1.165) is 65.2 Å². The summed E-state index contributed by atoms with van der Waals surface area (Å²) in [5, 5.41) is 24.2. The number of anilines is 1. The summed E-state index contributed by atoms with van der Waals surface area (Å²) in [5.74, 6) is 1.24. The van der Waals surface area contributed by atoms with Gasteiger partial charge >= 0.3 is 0 Å². The summed E-state index contributed by atoms with van der Waals surface area (Å²) < 4.78 is 11.0. The molecule has 4 aromatic heterocycles. The first-order valence-electron chi connectivity index (χ1n) is 14.8. The fourth-order valence-electron chi connectivity index (χ4n) is 4.74. The zero-order valence-electron chi connectivity index (χ0n) is 27.2. The summed E-state index contributed by atoms with van der Waals surface area (Å²) >= 11 is 6.16. The minimum absolute atomic E-state index is 0.127. The first kappa shape index (κ1) is 34.7. The van der Waals surface area contributed by atoms with E-state index in [-0.39, 0.29) is 11.8 Å². The standard InChI is InChI=1S/C17H16BrN3O2S.C17H18N4O2S/c2*1-9-10(2)20-21-17-13(9)14(18)15(24-17)16(22)19-8-11-4-6-12(23-3)7-5-11/h4-7H,8H2,1-3H3,(H,19,22);4-7H,8,18H2,1-3H3,(H,19,22). The number of carbonyl (C=O) groups excluding carboxylic acids is 2. The summed E-state index contributed by atoms with van der Waals surface area (Å²) in [4.78, 5) is 27.5. The van der Waals surface area contributed by atoms with Crippen molar-refractivity contribution in [3.8, 4) is 11.5 Å². The van der Waals surface area contributed by atoms with Crippen molar-refractivity contribution in [1.29, 1.82) is 0 Å². The number of benzene rings is 2. The highest BCUT2D eigenvalue weighted by molar-refractivity contribution is 9.10. The van der Waals surface area contributed by atoms with Crippen molar-refractivity contribution in [3.05, 3.63) is 96.4 Å². The number of ether oxygens (including phenoxy) is 2. The third-order valence-corrected chi connectivity index (χ3v) is 11.0. The maximum Gasteiger partial charge on any atom is 0.263 e. The number of thiophene rings is 2. The van der Waals surface area contributed by atoms with Crippen molar-refractivity contribution >= 4 is 76.5 Å². The molecule has 2 amide bonds. The van der Waals surface area contributed by atoms with Gasteiger partial charge in [0.15, 0.2) is 0 Å². The van der Waals surface area contributed by atoms with E-state index < -0.39 is 0 Å². The van der Waals surface area contributed by atoms with Crippen LogP contribution in [0.25, 0.3) is 20.4 Å². The number of hydrogen-bond donors (Lipinski definition) is 3. The van der Waals surface area contributed by atoms with Crippen LogP contribution in [0.15, 0.2) is 53.0 Å². The van der Waals surface area contributed by atoms with Crippen LogP contribution >= 0.6 is 38.6 Å². The van der Waals surface area contributed by atoms with E-state index in [1.807, 2.05) is 76.2 Å². The molecule has 0 saturated carbocycles. The number of nitrogens with one attached hydrogen (secondary N) is 2. The molecule has 6 rings (SSSR count). The highest BCUT2D eigenvalue weighted by Crippen LogP contribution is 2.37. The van der Waals surface area contributed by atoms with Gasteiger partial charge in [-0.3, -0.25) is 9.59 Å². The topological polar surface area (TPSA) is 154 Å². The largest absolute Gasteiger partial charge is 0.497 e. The number of aromatic nitrogens is 4. The Hall–Kier alpha value is -4.66. The number of rotatable bonds is 8. The number of fused-ring (bicyclic) bond motifs is 2. The van der Waals surface area contributed by atoms with Gasteiger partial charge in [0.1, 0.15) is 30.9 Å². The minimum Gasteiger partial charge on any atom is -0.497 e. The highest BCUT2D eigenvalue weighted by Gasteiger charge is 2.21. The number of methoxy groups -OCH3 is 2. The molecule has 248 valence electrons. The Bertz CT molecular complexity index is 1960. The Morgan fingerprint density at radius 2 is 1.10 bits per heavy atom. The van der Waals surface area contributed by atoms with Crippen molar-refractivity contribution in [2.75, 3.05) is 20.0 Å². The maximum absolute atomic E-state index is 12.5. The number of halogens is 1. The maximum atomic E-state index is 12.5. The van der Waals surface area contributed by atoms with E-state index in [1.165, 1.54) is 22.7 Å². The van der Waals surface area contributed by atoms with Crippen molar-refractivity contribution in [2.24, 2.45) is 0 Å². The molecule has 0 spiro atoms. The van der Waals surface area contributed by atoms with Crippen LogP contribution < -0.4 is 25.8 Å². The molecule has 0 fully saturated rings. The Labute approximate surface area is 294 Å². The lowest BCUT2D eigenvalue weighted by Gasteiger charge is -2.06. The minimum atomic E-state index is -0.205. The Morgan fingerprint density at radius 3 is 1.58 bits per heavy atom. The average Bonchev–Trinajstić information content (AvgIpc) is 3.63. The summed E-state index contributed by atoms with van der Waals surface area (Å²) in [6.07, 6.45) is 0. The molecule has 0 atom stereocenters. The van der Waals surface area contributed by atoms with Gasteiger partial charge in [-0.15, -0.1) is 32.9 Å². The lowest BCUT2D eigenvalue weighted by atomic mass is 10.1. The summed E-state index contributed by atoms with van der Waals surface area (Å²) in [6, 6.07) is 15.1. The first-order valence-corrected chi connectivity index (χ1v) is 17.2. The third kappa shape index (κ3) is 7.40. The predicted molar refractivity (Wildman–Crippen MR) is 194 cm³/mol. The molecule has 0 radical (unpaired) electrons. The predicted octanol–water partition coefficient (Wildman–Crippen LogP) is 6.84. The Morgan fingerprint density at radius 1 is 0.688 bits per heavy atom. The van der Waals surface area contributed by atoms with Crippen LogP contribution in [0.5, 0.6) is 11.5 Å². The van der Waals surface area contributed by atoms with Crippen molar-refractivity contribution in [2.45, 2.75) is 40.8 Å². The number of carbonyl (C=O) groups is 2. The molecule has 14 heteroatoms. The van der Waals surface area contributed by atoms with Crippen LogP contribution in [0, 0.1) is 27.7 Å². The van der Waals surface area contributed by atoms with Crippen molar-refractivity contribution in [3.63, 3.8) is 0 Å². The SMILES string of the molecule is COc1ccc(CNC(=O)c2sc3nnc(C)c(C)c3c2Br)cc1.COc1ccc(CNC(=O)c2sc3nnc(C)c(C)c3c2N)cc1. The van der Waals surface area contributed by atoms with Gasteiger partial charge in [-0.1, -0.05) is 24.3 Å². The van der Waals surface area contributed by atoms with Crippen LogP contribution in [0.4, 0.5) is 5.69 Å². The van der Waals surface area contributed by atoms with Gasteiger partial charge in [0.2, 0.25) is 0 Å². The second-order valence-corrected chi connectivity index (χ2v) is 13.6. The molecular weight excluding hydrogens is 714 g/mol. The average molecular weight is 749 g/mol. The first-order chi connectivity index (χ1) is 23.0. The molecule has 2 aromatic carbocycles. The Balaban J connectivity index is 0.000000188. The molecule has 6 aromatic rings. The van der Waals surface area contributed by atoms with Gasteiger partial charge in [0.25, 0.3) is 11.8 Å². The molecule has 11 nitrogen and oxygen atoms in total. The molecule has 0 aliphatic heterocycles. The van der Waals surface area contributed by atoms with Gasteiger partial charge in [-0.25, -0.2) is 0 Å². The van der Waals surface area contributed by atoms with Crippen LogP contribution in [0.2, 0.25) is 0 Å². The van der Waals surface area contributed by atoms with E-state index in [9.17, 15) is 9.59 Å². The number of hydrogen-bond acceptors (Lipinski definition) is 11. The molecule has 0 aliphatic carbocycles. The van der Waals surface area contributed by atoms with Gasteiger partial charge in [0.05, 0.1) is 35.8 Å². The van der Waals surface area contributed by atoms with Gasteiger partial charge < -0.3 is 25.8 Å². The summed E-state index contributed by atoms with van der Waals surface area (Å²) in [6.45, 7) is 8.59. The Kier molecular flexibility index (Phi) is 10.9. The van der Waals surface area contributed by atoms with Crippen LogP contribution in [0.3, 0.4) is 0 Å². The fraction of sp³-hybridized carbons (Fsp3) is 0.235. The normalized spacial score (nSPS) is 10.8. The van der Waals surface area contributed by atoms with Gasteiger partial charge in [-0.05, 0) is 90.1 Å². The molecule has 48 heavy (non-hydrogen) atoms. The number of nitrogens with two attached hydrogens (primary N) is 1. The van der Waals surface area contributed by atoms with Gasteiger partial charge in [-0.2, -0.15) is 10.2 Å². The highest BCUT2D eigenvalue weighted by atomic mass is 79.9. The van der Waals surface area contributed by atoms with E-state index in [4.69, 9.17) is 15.2 Å². The molecular formula is C34H34BrN7O4S2. The second kappa shape index (κ2) is 15.0. The number of aryl methyl sites for hydroxylation is 4. The fourth-order valence-corrected chi connectivity index (χ4v) is 7.78. The van der Waals surface area contributed by atoms with Crippen LogP contribution in [0.1, 0.15) is 53.0 Å². The van der Waals surface area contributed by atoms with E-state index >= 15 is 0 Å².